The van der Waals surface area contributed by atoms with E-state index in [0.717, 1.165) is 25.9 Å². The van der Waals surface area contributed by atoms with E-state index in [1.807, 2.05) is 0 Å². The Balaban J connectivity index is 1.88. The Kier molecular flexibility index (Phi) is 5.18. The number of piperidine rings is 1. The second-order valence-corrected chi connectivity index (χ2v) is 6.64. The molecule has 2 aliphatic rings. The highest BCUT2D eigenvalue weighted by atomic mass is 19.1. The molecule has 0 aromatic heterocycles. The Labute approximate surface area is 146 Å². The lowest BCUT2D eigenvalue weighted by Gasteiger charge is -2.31. The Hall–Kier alpha value is -2.21. The molecule has 1 aromatic carbocycles. The van der Waals surface area contributed by atoms with Crippen LogP contribution < -0.4 is 0 Å². The van der Waals surface area contributed by atoms with E-state index in [0.29, 0.717) is 13.1 Å². The van der Waals surface area contributed by atoms with Crippen molar-refractivity contribution in [2.75, 3.05) is 26.2 Å². The first-order chi connectivity index (χ1) is 12.0. The zero-order chi connectivity index (χ0) is 18.0. The van der Waals surface area contributed by atoms with Crippen molar-refractivity contribution in [3.63, 3.8) is 0 Å². The smallest absolute Gasteiger partial charge is 0.290 e. The van der Waals surface area contributed by atoms with Crippen LogP contribution in [0.2, 0.25) is 0 Å². The molecule has 25 heavy (non-hydrogen) atoms. The van der Waals surface area contributed by atoms with Gasteiger partial charge in [-0.1, -0.05) is 24.6 Å². The van der Waals surface area contributed by atoms with Gasteiger partial charge >= 0.3 is 0 Å². The maximum Gasteiger partial charge on any atom is 0.290 e. The maximum absolute atomic E-state index is 14.3. The standard InChI is InChI=1S/C19H23FN2O3/c1-13(23)16-17(14-7-3-4-8-15(14)20)22(19(25)18(16)24)12-11-21-9-5-2-6-10-21/h3-4,7-8,17,24H,2,5-6,9-12H2,1H3. The number of halogens is 1. The molecular formula is C19H23FN2O3. The van der Waals surface area contributed by atoms with Crippen molar-refractivity contribution >= 4 is 11.7 Å². The Morgan fingerprint density at radius 1 is 1.20 bits per heavy atom. The first kappa shape index (κ1) is 17.6. The number of aliphatic hydroxyl groups excluding tert-OH is 1. The van der Waals surface area contributed by atoms with Gasteiger partial charge < -0.3 is 14.9 Å². The average molecular weight is 346 g/mol. The van der Waals surface area contributed by atoms with Crippen LogP contribution in [-0.4, -0.2) is 52.8 Å². The zero-order valence-corrected chi connectivity index (χ0v) is 14.4. The second kappa shape index (κ2) is 7.35. The third-order valence-electron chi connectivity index (χ3n) is 4.99. The molecule has 134 valence electrons. The van der Waals surface area contributed by atoms with Crippen LogP contribution in [0.5, 0.6) is 0 Å². The van der Waals surface area contributed by atoms with Gasteiger partial charge in [-0.3, -0.25) is 9.59 Å². The monoisotopic (exact) mass is 346 g/mol. The Morgan fingerprint density at radius 2 is 1.88 bits per heavy atom. The molecule has 1 amide bonds. The topological polar surface area (TPSA) is 60.9 Å². The number of hydrogen-bond donors (Lipinski definition) is 1. The third-order valence-corrected chi connectivity index (χ3v) is 4.99. The lowest BCUT2D eigenvalue weighted by atomic mass is 9.96. The minimum absolute atomic E-state index is 0.0197. The number of carbonyl (C=O) groups is 2. The summed E-state index contributed by atoms with van der Waals surface area (Å²) in [6.45, 7) is 4.24. The fraction of sp³-hybridized carbons (Fsp3) is 0.474. The van der Waals surface area contributed by atoms with E-state index in [1.54, 1.807) is 18.2 Å². The van der Waals surface area contributed by atoms with Gasteiger partial charge in [0.05, 0.1) is 11.6 Å². The molecule has 3 rings (SSSR count). The van der Waals surface area contributed by atoms with Crippen molar-refractivity contribution in [1.29, 1.82) is 0 Å². The molecule has 6 heteroatoms. The summed E-state index contributed by atoms with van der Waals surface area (Å²) < 4.78 is 14.3. The van der Waals surface area contributed by atoms with Gasteiger partial charge in [-0.15, -0.1) is 0 Å². The number of amides is 1. The van der Waals surface area contributed by atoms with E-state index >= 15 is 0 Å². The first-order valence-corrected chi connectivity index (χ1v) is 8.72. The quantitative estimate of drug-likeness (QED) is 0.890. The van der Waals surface area contributed by atoms with Crippen LogP contribution in [0, 0.1) is 5.82 Å². The van der Waals surface area contributed by atoms with Gasteiger partial charge in [-0.05, 0) is 38.9 Å². The molecule has 0 aliphatic carbocycles. The molecule has 1 atom stereocenters. The number of Topliss-reactive ketones (excluding diaryl/α,β-unsaturated/α-hetero) is 1. The van der Waals surface area contributed by atoms with Crippen LogP contribution in [0.25, 0.3) is 0 Å². The summed E-state index contributed by atoms with van der Waals surface area (Å²) in [5.41, 5.74) is 0.220. The maximum atomic E-state index is 14.3. The van der Waals surface area contributed by atoms with Crippen LogP contribution in [0.1, 0.15) is 37.8 Å². The number of benzene rings is 1. The van der Waals surface area contributed by atoms with E-state index in [-0.39, 0.29) is 11.1 Å². The van der Waals surface area contributed by atoms with Gasteiger partial charge in [-0.25, -0.2) is 4.39 Å². The molecule has 1 unspecified atom stereocenters. The summed E-state index contributed by atoms with van der Waals surface area (Å²) in [5.74, 6) is -2.06. The van der Waals surface area contributed by atoms with Crippen molar-refractivity contribution in [2.24, 2.45) is 0 Å². The third kappa shape index (κ3) is 3.44. The molecule has 5 nitrogen and oxygen atoms in total. The summed E-state index contributed by atoms with van der Waals surface area (Å²) in [5, 5.41) is 10.2. The summed E-state index contributed by atoms with van der Waals surface area (Å²) in [6, 6.07) is 5.22. The number of carbonyl (C=O) groups excluding carboxylic acids is 2. The molecule has 1 N–H and O–H groups in total. The average Bonchev–Trinajstić information content (AvgIpc) is 2.85. The number of nitrogens with zero attached hydrogens (tertiary/aromatic N) is 2. The SMILES string of the molecule is CC(=O)C1=C(O)C(=O)N(CCN2CCCCC2)C1c1ccccc1F. The molecular weight excluding hydrogens is 323 g/mol. The largest absolute Gasteiger partial charge is 0.503 e. The molecule has 2 aliphatic heterocycles. The van der Waals surface area contributed by atoms with Crippen LogP contribution in [0.3, 0.4) is 0 Å². The van der Waals surface area contributed by atoms with Crippen LogP contribution >= 0.6 is 0 Å². The van der Waals surface area contributed by atoms with E-state index in [4.69, 9.17) is 0 Å². The molecule has 0 radical (unpaired) electrons. The predicted octanol–water partition coefficient (Wildman–Crippen LogP) is 2.60. The molecule has 0 spiro atoms. The molecule has 0 saturated carbocycles. The molecule has 0 bridgehead atoms. The Morgan fingerprint density at radius 3 is 2.52 bits per heavy atom. The van der Waals surface area contributed by atoms with Crippen molar-refractivity contribution < 1.29 is 19.1 Å². The normalized spacial score (nSPS) is 21.9. The van der Waals surface area contributed by atoms with Gasteiger partial charge in [0, 0.05) is 18.7 Å². The second-order valence-electron chi connectivity index (χ2n) is 6.64. The fourth-order valence-electron chi connectivity index (χ4n) is 3.70. The highest BCUT2D eigenvalue weighted by Crippen LogP contribution is 2.38. The molecule has 2 heterocycles. The van der Waals surface area contributed by atoms with E-state index < -0.39 is 29.3 Å². The minimum atomic E-state index is -0.865. The highest BCUT2D eigenvalue weighted by Gasteiger charge is 2.43. The van der Waals surface area contributed by atoms with Crippen molar-refractivity contribution in [3.05, 3.63) is 47.0 Å². The number of ketones is 1. The lowest BCUT2D eigenvalue weighted by molar-refractivity contribution is -0.129. The van der Waals surface area contributed by atoms with Crippen molar-refractivity contribution in [2.45, 2.75) is 32.2 Å². The summed E-state index contributed by atoms with van der Waals surface area (Å²) in [6.07, 6.45) is 3.48. The minimum Gasteiger partial charge on any atom is -0.503 e. The van der Waals surface area contributed by atoms with Crippen LogP contribution in [-0.2, 0) is 9.59 Å². The Bertz CT molecular complexity index is 710. The van der Waals surface area contributed by atoms with Gasteiger partial charge in [-0.2, -0.15) is 0 Å². The van der Waals surface area contributed by atoms with Gasteiger partial charge in [0.2, 0.25) is 0 Å². The molecule has 1 aromatic rings. The highest BCUT2D eigenvalue weighted by molar-refractivity contribution is 6.08. The summed E-state index contributed by atoms with van der Waals surface area (Å²) in [7, 11) is 0. The van der Waals surface area contributed by atoms with Crippen LogP contribution in [0.4, 0.5) is 4.39 Å². The fourth-order valence-corrected chi connectivity index (χ4v) is 3.70. The number of aliphatic hydroxyl groups is 1. The zero-order valence-electron chi connectivity index (χ0n) is 14.4. The van der Waals surface area contributed by atoms with Gasteiger partial charge in [0.25, 0.3) is 5.91 Å². The van der Waals surface area contributed by atoms with E-state index in [2.05, 4.69) is 4.90 Å². The number of hydrogen-bond acceptors (Lipinski definition) is 4. The van der Waals surface area contributed by atoms with Crippen LogP contribution in [0.15, 0.2) is 35.6 Å². The number of likely N-dealkylation sites (tertiary alicyclic amines) is 1. The van der Waals surface area contributed by atoms with E-state index in [9.17, 15) is 19.1 Å². The van der Waals surface area contributed by atoms with E-state index in [1.165, 1.54) is 24.3 Å². The van der Waals surface area contributed by atoms with Crippen molar-refractivity contribution in [3.8, 4) is 0 Å². The first-order valence-electron chi connectivity index (χ1n) is 8.72. The number of rotatable bonds is 5. The lowest BCUT2D eigenvalue weighted by Crippen LogP contribution is -2.40. The summed E-state index contributed by atoms with van der Waals surface area (Å²) in [4.78, 5) is 28.2. The van der Waals surface area contributed by atoms with Gasteiger partial charge in [0.1, 0.15) is 5.82 Å². The molecule has 1 saturated heterocycles. The van der Waals surface area contributed by atoms with Gasteiger partial charge in [0.15, 0.2) is 11.5 Å². The summed E-state index contributed by atoms with van der Waals surface area (Å²) >= 11 is 0. The molecule has 1 fully saturated rings. The van der Waals surface area contributed by atoms with Crippen molar-refractivity contribution in [1.82, 2.24) is 9.80 Å². The predicted molar refractivity (Wildman–Crippen MR) is 91.5 cm³/mol.